The molecule has 1 unspecified atom stereocenters. The van der Waals surface area contributed by atoms with Crippen molar-refractivity contribution in [3.8, 4) is 11.5 Å². The largest absolute Gasteiger partial charge is 0.491 e. The summed E-state index contributed by atoms with van der Waals surface area (Å²) in [6.07, 6.45) is 1.14. The minimum atomic E-state index is -1.83. The number of methoxy groups -OCH3 is 1. The van der Waals surface area contributed by atoms with Crippen molar-refractivity contribution in [2.45, 2.75) is 159 Å². The number of carbonyl (C=O) groups excluding carboxylic acids is 1. The van der Waals surface area contributed by atoms with Gasteiger partial charge in [0.25, 0.3) is 0 Å². The molecule has 0 radical (unpaired) electrons. The predicted octanol–water partition coefficient (Wildman–Crippen LogP) is 10.3. The van der Waals surface area contributed by atoms with Gasteiger partial charge in [0.1, 0.15) is 55.2 Å². The van der Waals surface area contributed by atoms with Crippen LogP contribution in [0.25, 0.3) is 0 Å². The fraction of sp³-hybridized carbons (Fsp3) is 0.561. The SMILES string of the molecule is CC[C@H]1OC(=O)[C@H](O[Si](C)(C)C)[C@@H](O[Si](C)(C)C)[C@@H]1C.COC1(c2ccc(Cl)c(Cc3ccc(OCCOC4CC4)cc3)c2)O[C@H](CO)[C@@H](O)[C@H](O)[C@H]1O.Clc1ccc(I)cc1Cc1ccc(OCCOC2CC2)cc1. The smallest absolute Gasteiger partial charge is 0.337 e. The number of aliphatic hydroxyl groups excluding tert-OH is 4. The van der Waals surface area contributed by atoms with Crippen molar-refractivity contribution in [2.24, 2.45) is 5.92 Å². The number of benzene rings is 4. The Kier molecular flexibility index (Phi) is 23.5. The van der Waals surface area contributed by atoms with E-state index in [1.807, 2.05) is 55.5 Å². The summed E-state index contributed by atoms with van der Waals surface area (Å²) in [4.78, 5) is 12.3. The highest BCUT2D eigenvalue weighted by Gasteiger charge is 2.55. The number of esters is 1. The van der Waals surface area contributed by atoms with Crippen LogP contribution in [-0.2, 0) is 56.0 Å². The van der Waals surface area contributed by atoms with Crippen molar-refractivity contribution in [3.63, 3.8) is 0 Å². The molecule has 4 aromatic carbocycles. The van der Waals surface area contributed by atoms with E-state index >= 15 is 0 Å². The number of hydrogen-bond acceptors (Lipinski definition) is 14. The number of aliphatic hydroxyl groups is 4. The van der Waals surface area contributed by atoms with Crippen LogP contribution >= 0.6 is 45.8 Å². The molecule has 4 N–H and O–H groups in total. The second-order valence-electron chi connectivity index (χ2n) is 21.7. The lowest BCUT2D eigenvalue weighted by Crippen LogP contribution is -2.64. The summed E-state index contributed by atoms with van der Waals surface area (Å²) in [6, 6.07) is 27.0. The first-order valence-corrected chi connectivity index (χ1v) is 35.0. The predicted molar refractivity (Wildman–Crippen MR) is 307 cm³/mol. The Bertz CT molecular complexity index is 2430. The molecule has 0 aromatic heterocycles. The minimum absolute atomic E-state index is 0.0645. The molecule has 0 spiro atoms. The Hall–Kier alpha value is -2.71. The number of halogens is 3. The van der Waals surface area contributed by atoms with Gasteiger partial charge in [-0.25, -0.2) is 4.79 Å². The fourth-order valence-electron chi connectivity index (χ4n) is 8.81. The summed E-state index contributed by atoms with van der Waals surface area (Å²) in [5, 5.41) is 42.1. The molecule has 2 saturated carbocycles. The molecule has 0 amide bonds. The Morgan fingerprint density at radius 2 is 1.18 bits per heavy atom. The maximum absolute atomic E-state index is 12.3. The summed E-state index contributed by atoms with van der Waals surface area (Å²) in [5.74, 6) is -0.225. The number of rotatable bonds is 22. The summed E-state index contributed by atoms with van der Waals surface area (Å²) >= 11 is 15.0. The lowest BCUT2D eigenvalue weighted by molar-refractivity contribution is -0.366. The molecule has 76 heavy (non-hydrogen) atoms. The van der Waals surface area contributed by atoms with Crippen molar-refractivity contribution >= 4 is 68.4 Å². The summed E-state index contributed by atoms with van der Waals surface area (Å²) in [7, 11) is -2.25. The Labute approximate surface area is 475 Å². The Balaban J connectivity index is 0.000000195. The second kappa shape index (κ2) is 28.6. The van der Waals surface area contributed by atoms with Crippen molar-refractivity contribution in [1.82, 2.24) is 0 Å². The normalized spacial score (nSPS) is 25.6. The van der Waals surface area contributed by atoms with Gasteiger partial charge in [-0.1, -0.05) is 67.4 Å². The van der Waals surface area contributed by atoms with Crippen molar-refractivity contribution in [2.75, 3.05) is 40.1 Å². The first-order chi connectivity index (χ1) is 36.0. The van der Waals surface area contributed by atoms with Gasteiger partial charge in [0.05, 0.1) is 38.1 Å². The monoisotopic (exact) mass is 1240 g/mol. The standard InChI is InChI=1S/C25H31ClO8.C18H18ClIO2.C14H30O4Si2/c1-31-25(24(30)23(29)22(28)21(14-27)34-25)17-4-9-20(26)16(13-17)12-15-2-5-18(6-3-15)32-10-11-33-19-7-8-19;19-18-8-3-15(20)12-14(18)11-13-1-4-16(5-2-13)21-9-10-22-17-6-7-17;1-9-11-10(2)12(17-19(3,4)5)13(14(15)16-11)18-20(6,7)8/h2-6,9,13,19,21-24,27-30H,7-8,10-12,14H2,1H3;1-5,8,12,17H,6-7,9-11H2;10-13H,9H2,1-8H3/t21-,22-,23+,24-,25?;;10-,11-,12+,13-/m1.1/s1. The summed E-state index contributed by atoms with van der Waals surface area (Å²) in [6.45, 7) is 18.6. The number of ether oxygens (including phenoxy) is 7. The average Bonchev–Trinajstić information content (AvgIpc) is 4.34. The first-order valence-electron chi connectivity index (χ1n) is 26.4. The van der Waals surface area contributed by atoms with E-state index in [9.17, 15) is 25.2 Å². The topological polar surface area (TPSA) is 181 Å². The summed E-state index contributed by atoms with van der Waals surface area (Å²) < 4.78 is 53.0. The van der Waals surface area contributed by atoms with E-state index in [1.165, 1.54) is 29.1 Å². The van der Waals surface area contributed by atoms with Crippen LogP contribution in [0.4, 0.5) is 0 Å². The maximum atomic E-state index is 12.3. The van der Waals surface area contributed by atoms with E-state index in [0.29, 0.717) is 55.6 Å². The van der Waals surface area contributed by atoms with Gasteiger partial charge in [0, 0.05) is 32.2 Å². The molecule has 19 heteroatoms. The van der Waals surface area contributed by atoms with Gasteiger partial charge in [-0.15, -0.1) is 0 Å². The zero-order valence-electron chi connectivity index (χ0n) is 45.3. The molecule has 4 aromatic rings. The van der Waals surface area contributed by atoms with Crippen molar-refractivity contribution in [1.29, 1.82) is 0 Å². The number of cyclic esters (lactones) is 1. The van der Waals surface area contributed by atoms with Crippen molar-refractivity contribution < 1.29 is 67.2 Å². The zero-order valence-corrected chi connectivity index (χ0v) is 51.0. The van der Waals surface area contributed by atoms with Gasteiger partial charge in [-0.2, -0.15) is 0 Å². The third-order valence-corrected chi connectivity index (χ3v) is 16.4. The molecule has 420 valence electrons. The molecular formula is C57H79Cl2IO14Si2. The Morgan fingerprint density at radius 3 is 1.64 bits per heavy atom. The molecule has 9 atom stereocenters. The van der Waals surface area contributed by atoms with Gasteiger partial charge in [0.15, 0.2) is 22.7 Å². The highest BCUT2D eigenvalue weighted by Crippen LogP contribution is 2.41. The van der Waals surface area contributed by atoms with E-state index in [1.54, 1.807) is 18.2 Å². The number of carbonyl (C=O) groups is 1. The molecule has 4 aliphatic rings. The van der Waals surface area contributed by atoms with Crippen molar-refractivity contribution in [3.05, 3.63) is 126 Å². The molecule has 4 fully saturated rings. The lowest BCUT2D eigenvalue weighted by atomic mass is 9.87. The third-order valence-electron chi connectivity index (χ3n) is 13.1. The van der Waals surface area contributed by atoms with Gasteiger partial charge >= 0.3 is 5.97 Å². The van der Waals surface area contributed by atoms with Crippen LogP contribution in [0, 0.1) is 9.49 Å². The van der Waals surface area contributed by atoms with E-state index in [2.05, 4.69) is 87.0 Å². The number of hydrogen-bond donors (Lipinski definition) is 4. The summed E-state index contributed by atoms with van der Waals surface area (Å²) in [5.41, 5.74) is 4.52. The van der Waals surface area contributed by atoms with Gasteiger partial charge in [-0.3, -0.25) is 0 Å². The molecule has 8 rings (SSSR count). The van der Waals surface area contributed by atoms with E-state index < -0.39 is 59.5 Å². The Morgan fingerprint density at radius 1 is 0.684 bits per heavy atom. The van der Waals surface area contributed by atoms with Gasteiger partial charge in [0.2, 0.25) is 5.79 Å². The molecule has 14 nitrogen and oxygen atoms in total. The van der Waals surface area contributed by atoms with E-state index in [4.69, 9.17) is 65.2 Å². The quantitative estimate of drug-likeness (QED) is 0.0253. The van der Waals surface area contributed by atoms with Crippen LogP contribution in [0.15, 0.2) is 84.9 Å². The average molecular weight is 1240 g/mol. The molecule has 2 aliphatic heterocycles. The van der Waals surface area contributed by atoms with Crippen LogP contribution < -0.4 is 9.47 Å². The molecular weight excluding hydrogens is 1160 g/mol. The molecule has 2 saturated heterocycles. The van der Waals surface area contributed by atoms with Crippen LogP contribution in [-0.4, -0.2) is 138 Å². The fourth-order valence-corrected chi connectivity index (χ4v) is 11.9. The van der Waals surface area contributed by atoms with E-state index in [-0.39, 0.29) is 24.1 Å². The van der Waals surface area contributed by atoms with Crippen LogP contribution in [0.3, 0.4) is 0 Å². The van der Waals surface area contributed by atoms with Crippen LogP contribution in [0.1, 0.15) is 73.8 Å². The highest BCUT2D eigenvalue weighted by atomic mass is 127. The van der Waals surface area contributed by atoms with E-state index in [0.717, 1.165) is 58.9 Å². The van der Waals surface area contributed by atoms with Crippen LogP contribution in [0.2, 0.25) is 49.3 Å². The molecule has 2 aliphatic carbocycles. The van der Waals surface area contributed by atoms with Gasteiger partial charge < -0.3 is 62.4 Å². The maximum Gasteiger partial charge on any atom is 0.337 e. The zero-order chi connectivity index (χ0) is 55.4. The second-order valence-corrected chi connectivity index (χ2v) is 32.7. The molecule has 0 bridgehead atoms. The first kappa shape index (κ1) is 62.5. The third kappa shape index (κ3) is 18.7. The lowest BCUT2D eigenvalue weighted by Gasteiger charge is -2.47. The van der Waals surface area contributed by atoms with Gasteiger partial charge in [-0.05, 0) is 184 Å². The molecule has 2 heterocycles. The minimum Gasteiger partial charge on any atom is -0.491 e. The highest BCUT2D eigenvalue weighted by molar-refractivity contribution is 14.1. The van der Waals surface area contributed by atoms with Crippen LogP contribution in [0.5, 0.6) is 11.5 Å².